The third-order valence-corrected chi connectivity index (χ3v) is 3.80. The molecule has 3 nitrogen and oxygen atoms in total. The lowest BCUT2D eigenvalue weighted by Crippen LogP contribution is -2.17. The van der Waals surface area contributed by atoms with Crippen molar-refractivity contribution >= 4 is 5.97 Å². The average molecular weight is 363 g/mol. The number of rotatable bonds is 16. The number of aliphatic hydroxyl groups is 1. The number of hydrogen-bond acceptors (Lipinski definition) is 3. The number of carbonyl (C=O) groups excluding carboxylic acids is 1. The van der Waals surface area contributed by atoms with Crippen molar-refractivity contribution in [2.75, 3.05) is 6.61 Å². The van der Waals surface area contributed by atoms with E-state index in [2.05, 4.69) is 55.5 Å². The van der Waals surface area contributed by atoms with Crippen LogP contribution in [0.15, 0.2) is 48.6 Å². The first-order valence-electron chi connectivity index (χ1n) is 10.1. The zero-order chi connectivity index (χ0) is 19.3. The molecular formula is C23H38O3. The first-order chi connectivity index (χ1) is 12.7. The predicted molar refractivity (Wildman–Crippen MR) is 111 cm³/mol. The van der Waals surface area contributed by atoms with Crippen LogP contribution in [0.25, 0.3) is 0 Å². The van der Waals surface area contributed by atoms with Gasteiger partial charge in [-0.1, -0.05) is 68.4 Å². The molecule has 1 atom stereocenters. The van der Waals surface area contributed by atoms with Gasteiger partial charge in [-0.2, -0.15) is 0 Å². The SMILES string of the molecule is CCCCC/C=C\C/C=C\C/C=C\C/C=C\CCCC(=O)OC(C)CO. The second-order valence-corrected chi connectivity index (χ2v) is 6.46. The van der Waals surface area contributed by atoms with Crippen LogP contribution in [0.5, 0.6) is 0 Å². The van der Waals surface area contributed by atoms with Crippen LogP contribution in [0.2, 0.25) is 0 Å². The molecule has 1 unspecified atom stereocenters. The van der Waals surface area contributed by atoms with Crippen LogP contribution >= 0.6 is 0 Å². The Balaban J connectivity index is 3.50. The summed E-state index contributed by atoms with van der Waals surface area (Å²) in [4.78, 5) is 11.4. The van der Waals surface area contributed by atoms with E-state index >= 15 is 0 Å². The van der Waals surface area contributed by atoms with Gasteiger partial charge in [-0.05, 0) is 51.9 Å². The summed E-state index contributed by atoms with van der Waals surface area (Å²) in [6.07, 6.45) is 27.2. The number of carbonyl (C=O) groups is 1. The van der Waals surface area contributed by atoms with Gasteiger partial charge >= 0.3 is 5.97 Å². The minimum absolute atomic E-state index is 0.122. The maximum atomic E-state index is 11.4. The summed E-state index contributed by atoms with van der Waals surface area (Å²) in [6, 6.07) is 0. The maximum absolute atomic E-state index is 11.4. The number of unbranched alkanes of at least 4 members (excludes halogenated alkanes) is 4. The summed E-state index contributed by atoms with van der Waals surface area (Å²) in [5, 5.41) is 8.80. The lowest BCUT2D eigenvalue weighted by Gasteiger charge is -2.09. The van der Waals surface area contributed by atoms with Gasteiger partial charge in [0.15, 0.2) is 0 Å². The van der Waals surface area contributed by atoms with Crippen LogP contribution in [0.1, 0.15) is 78.1 Å². The van der Waals surface area contributed by atoms with E-state index in [1.165, 1.54) is 25.7 Å². The lowest BCUT2D eigenvalue weighted by molar-refractivity contribution is -0.150. The molecule has 0 aromatic heterocycles. The number of ether oxygens (including phenoxy) is 1. The van der Waals surface area contributed by atoms with Crippen molar-refractivity contribution in [3.63, 3.8) is 0 Å². The van der Waals surface area contributed by atoms with Crippen molar-refractivity contribution < 1.29 is 14.6 Å². The molecule has 0 rings (SSSR count). The monoisotopic (exact) mass is 362 g/mol. The van der Waals surface area contributed by atoms with Crippen LogP contribution in [0.4, 0.5) is 0 Å². The fraction of sp³-hybridized carbons (Fsp3) is 0.609. The standard InChI is InChI=1S/C23H38O3/c1-3-4-5-6-7-8-9-10-11-12-13-14-15-16-17-18-19-20-23(25)26-22(2)21-24/h7-8,10-11,13-14,16-17,22,24H,3-6,9,12,15,18-21H2,1-2H3/b8-7-,11-10-,14-13-,17-16-. The molecule has 148 valence electrons. The molecule has 26 heavy (non-hydrogen) atoms. The third-order valence-electron chi connectivity index (χ3n) is 3.80. The van der Waals surface area contributed by atoms with Crippen molar-refractivity contribution in [3.8, 4) is 0 Å². The highest BCUT2D eigenvalue weighted by molar-refractivity contribution is 5.69. The maximum Gasteiger partial charge on any atom is 0.306 e. The van der Waals surface area contributed by atoms with E-state index in [1.807, 2.05) is 0 Å². The molecule has 0 aromatic carbocycles. The number of aliphatic hydroxyl groups excluding tert-OH is 1. The van der Waals surface area contributed by atoms with Gasteiger partial charge in [-0.15, -0.1) is 0 Å². The van der Waals surface area contributed by atoms with Crippen molar-refractivity contribution in [1.29, 1.82) is 0 Å². The summed E-state index contributed by atoms with van der Waals surface area (Å²) in [5.41, 5.74) is 0. The molecule has 0 aliphatic carbocycles. The third kappa shape index (κ3) is 18.7. The highest BCUT2D eigenvalue weighted by atomic mass is 16.5. The Morgan fingerprint density at radius 2 is 1.35 bits per heavy atom. The van der Waals surface area contributed by atoms with E-state index in [-0.39, 0.29) is 12.6 Å². The molecule has 0 aliphatic heterocycles. The fourth-order valence-corrected chi connectivity index (χ4v) is 2.25. The van der Waals surface area contributed by atoms with Gasteiger partial charge < -0.3 is 9.84 Å². The topological polar surface area (TPSA) is 46.5 Å². The predicted octanol–water partition coefficient (Wildman–Crippen LogP) is 6.06. The largest absolute Gasteiger partial charge is 0.460 e. The zero-order valence-corrected chi connectivity index (χ0v) is 16.7. The van der Waals surface area contributed by atoms with E-state index in [4.69, 9.17) is 9.84 Å². The molecule has 1 N–H and O–H groups in total. The molecule has 0 radical (unpaired) electrons. The summed E-state index contributed by atoms with van der Waals surface area (Å²) < 4.78 is 4.99. The summed E-state index contributed by atoms with van der Waals surface area (Å²) in [6.45, 7) is 3.80. The molecule has 0 aromatic rings. The highest BCUT2D eigenvalue weighted by Gasteiger charge is 2.06. The number of hydrogen-bond donors (Lipinski definition) is 1. The quantitative estimate of drug-likeness (QED) is 0.206. The van der Waals surface area contributed by atoms with E-state index in [0.717, 1.165) is 32.1 Å². The Morgan fingerprint density at radius 3 is 1.85 bits per heavy atom. The molecule has 3 heteroatoms. The van der Waals surface area contributed by atoms with Crippen LogP contribution in [0.3, 0.4) is 0 Å². The molecule has 0 saturated heterocycles. The highest BCUT2D eigenvalue weighted by Crippen LogP contribution is 2.03. The molecule has 0 heterocycles. The van der Waals surface area contributed by atoms with Crippen molar-refractivity contribution in [2.45, 2.75) is 84.2 Å². The second-order valence-electron chi connectivity index (χ2n) is 6.46. The van der Waals surface area contributed by atoms with Crippen LogP contribution in [-0.4, -0.2) is 23.8 Å². The Hall–Kier alpha value is -1.61. The van der Waals surface area contributed by atoms with Gasteiger partial charge in [0.25, 0.3) is 0 Å². The average Bonchev–Trinajstić information content (AvgIpc) is 2.64. The Morgan fingerprint density at radius 1 is 0.846 bits per heavy atom. The van der Waals surface area contributed by atoms with E-state index < -0.39 is 6.10 Å². The Labute approximate surface area is 160 Å². The van der Waals surface area contributed by atoms with Gasteiger partial charge in [0.05, 0.1) is 6.61 Å². The smallest absolute Gasteiger partial charge is 0.306 e. The Bertz CT molecular complexity index is 433. The minimum Gasteiger partial charge on any atom is -0.460 e. The van der Waals surface area contributed by atoms with Crippen LogP contribution in [-0.2, 0) is 9.53 Å². The number of allylic oxidation sites excluding steroid dienone is 8. The molecule has 0 spiro atoms. The second kappa shape index (κ2) is 19.7. The van der Waals surface area contributed by atoms with Crippen molar-refractivity contribution in [1.82, 2.24) is 0 Å². The minimum atomic E-state index is -0.404. The molecule has 0 aliphatic rings. The molecule has 0 bridgehead atoms. The number of esters is 1. The van der Waals surface area contributed by atoms with Gasteiger partial charge in [0, 0.05) is 6.42 Å². The van der Waals surface area contributed by atoms with E-state index in [0.29, 0.717) is 6.42 Å². The van der Waals surface area contributed by atoms with E-state index in [9.17, 15) is 4.79 Å². The summed E-state index contributed by atoms with van der Waals surface area (Å²) >= 11 is 0. The summed E-state index contributed by atoms with van der Waals surface area (Å²) in [7, 11) is 0. The van der Waals surface area contributed by atoms with E-state index in [1.54, 1.807) is 6.92 Å². The molecule has 0 fully saturated rings. The molecular weight excluding hydrogens is 324 g/mol. The first kappa shape index (κ1) is 24.4. The van der Waals surface area contributed by atoms with Crippen LogP contribution < -0.4 is 0 Å². The van der Waals surface area contributed by atoms with Gasteiger partial charge in [0.1, 0.15) is 6.10 Å². The zero-order valence-electron chi connectivity index (χ0n) is 16.7. The van der Waals surface area contributed by atoms with Crippen molar-refractivity contribution in [3.05, 3.63) is 48.6 Å². The molecule has 0 amide bonds. The molecule has 0 saturated carbocycles. The normalized spacial score (nSPS) is 13.5. The van der Waals surface area contributed by atoms with Crippen molar-refractivity contribution in [2.24, 2.45) is 0 Å². The first-order valence-corrected chi connectivity index (χ1v) is 10.1. The summed E-state index contributed by atoms with van der Waals surface area (Å²) in [5.74, 6) is -0.234. The van der Waals surface area contributed by atoms with Gasteiger partial charge in [0.2, 0.25) is 0 Å². The van der Waals surface area contributed by atoms with Crippen LogP contribution in [0, 0.1) is 0 Å². The van der Waals surface area contributed by atoms with Gasteiger partial charge in [-0.3, -0.25) is 4.79 Å². The van der Waals surface area contributed by atoms with Gasteiger partial charge in [-0.25, -0.2) is 0 Å². The fourth-order valence-electron chi connectivity index (χ4n) is 2.25. The lowest BCUT2D eigenvalue weighted by atomic mass is 10.2. The Kier molecular flexibility index (Phi) is 18.5.